The number of unbranched alkanes of at least 4 members (excludes halogenated alkanes) is 1. The molecule has 3 rings (SSSR count). The molecular weight excluding hydrogens is 570 g/mol. The summed E-state index contributed by atoms with van der Waals surface area (Å²) >= 11 is 1.85. The lowest BCUT2D eigenvalue weighted by atomic mass is 9.92. The molecule has 43 heavy (non-hydrogen) atoms. The first-order valence-electron chi connectivity index (χ1n) is 16.0. The van der Waals surface area contributed by atoms with Gasteiger partial charge in [0.2, 0.25) is 17.7 Å². The zero-order valence-electron chi connectivity index (χ0n) is 26.9. The molecule has 0 aromatic heterocycles. The zero-order chi connectivity index (χ0) is 31.9. The van der Waals surface area contributed by atoms with E-state index in [1.54, 1.807) is 6.92 Å². The molecule has 5 N–H and O–H groups in total. The van der Waals surface area contributed by atoms with Crippen LogP contribution in [0.3, 0.4) is 0 Å². The summed E-state index contributed by atoms with van der Waals surface area (Å²) in [5.41, 5.74) is -0.863. The van der Waals surface area contributed by atoms with Crippen molar-refractivity contribution in [3.63, 3.8) is 0 Å². The van der Waals surface area contributed by atoms with Crippen LogP contribution in [0.4, 0.5) is 4.79 Å². The molecule has 0 aliphatic carbocycles. The molecule has 3 heterocycles. The summed E-state index contributed by atoms with van der Waals surface area (Å²) < 4.78 is 5.35. The number of nitrogens with one attached hydrogen (secondary N) is 5. The summed E-state index contributed by atoms with van der Waals surface area (Å²) in [4.78, 5) is 64.5. The quantitative estimate of drug-likeness (QED) is 0.0892. The van der Waals surface area contributed by atoms with Crippen molar-refractivity contribution in [1.29, 1.82) is 0 Å². The van der Waals surface area contributed by atoms with E-state index >= 15 is 0 Å². The number of thioether (sulfide) groups is 1. The number of rotatable bonds is 18. The molecule has 12 heteroatoms. The van der Waals surface area contributed by atoms with Gasteiger partial charge in [-0.2, -0.15) is 11.8 Å². The Balaban J connectivity index is 1.54. The number of ketones is 1. The van der Waals surface area contributed by atoms with Gasteiger partial charge in [-0.05, 0) is 56.8 Å². The minimum absolute atomic E-state index is 0.103. The first-order valence-corrected chi connectivity index (χ1v) is 17.0. The van der Waals surface area contributed by atoms with Gasteiger partial charge < -0.3 is 31.3 Å². The predicted molar refractivity (Wildman–Crippen MR) is 167 cm³/mol. The van der Waals surface area contributed by atoms with E-state index in [4.69, 9.17) is 4.74 Å². The lowest BCUT2D eigenvalue weighted by molar-refractivity contribution is -0.134. The molecule has 0 spiro atoms. The number of carbonyl (C=O) groups is 5. The number of fused-ring (bicyclic) bond motifs is 1. The number of carbonyl (C=O) groups excluding carboxylic acids is 5. The highest BCUT2D eigenvalue weighted by molar-refractivity contribution is 8.00. The van der Waals surface area contributed by atoms with Crippen molar-refractivity contribution in [3.05, 3.63) is 0 Å². The van der Waals surface area contributed by atoms with Gasteiger partial charge in [0.05, 0.1) is 24.7 Å². The monoisotopic (exact) mass is 623 g/mol. The van der Waals surface area contributed by atoms with Gasteiger partial charge in [-0.15, -0.1) is 0 Å². The number of hydrogen-bond donors (Lipinski definition) is 5. The Morgan fingerprint density at radius 2 is 1.40 bits per heavy atom. The average Bonchev–Trinajstić information content (AvgIpc) is 3.39. The number of hydrogen-bond acceptors (Lipinski definition) is 7. The third-order valence-electron chi connectivity index (χ3n) is 8.22. The minimum Gasteiger partial charge on any atom is -0.361 e. The van der Waals surface area contributed by atoms with Crippen LogP contribution in [0, 0.1) is 17.8 Å². The van der Waals surface area contributed by atoms with Crippen molar-refractivity contribution in [2.24, 2.45) is 17.8 Å². The van der Waals surface area contributed by atoms with E-state index in [2.05, 4.69) is 26.6 Å². The fourth-order valence-corrected chi connectivity index (χ4v) is 7.36. The number of urea groups is 1. The van der Waals surface area contributed by atoms with E-state index in [9.17, 15) is 24.0 Å². The smallest absolute Gasteiger partial charge is 0.315 e. The summed E-state index contributed by atoms with van der Waals surface area (Å²) in [6.45, 7) is 14.0. The Labute approximate surface area is 260 Å². The molecule has 7 atom stereocenters. The molecule has 0 bridgehead atoms. The maximum absolute atomic E-state index is 13.5. The Morgan fingerprint density at radius 1 is 0.860 bits per heavy atom. The lowest BCUT2D eigenvalue weighted by Gasteiger charge is -2.27. The molecule has 0 aromatic carbocycles. The molecule has 0 radical (unpaired) electrons. The third kappa shape index (κ3) is 10.7. The van der Waals surface area contributed by atoms with Crippen LogP contribution < -0.4 is 26.6 Å². The summed E-state index contributed by atoms with van der Waals surface area (Å²) in [5.74, 6) is 0.186. The first-order chi connectivity index (χ1) is 20.2. The maximum Gasteiger partial charge on any atom is 0.315 e. The summed E-state index contributed by atoms with van der Waals surface area (Å²) in [5, 5.41) is 15.0. The lowest BCUT2D eigenvalue weighted by Crippen LogP contribution is -2.57. The molecule has 0 aromatic rings. The van der Waals surface area contributed by atoms with Crippen LogP contribution in [0.1, 0.15) is 93.4 Å². The number of amides is 5. The van der Waals surface area contributed by atoms with E-state index in [0.717, 1.165) is 18.6 Å². The topological polar surface area (TPSA) is 158 Å². The molecule has 11 nitrogen and oxygen atoms in total. The number of ether oxygens (including phenoxy) is 1. The fraction of sp³-hybridized carbons (Fsp3) is 0.839. The Morgan fingerprint density at radius 3 is 1.95 bits per heavy atom. The maximum atomic E-state index is 13.5. The van der Waals surface area contributed by atoms with E-state index in [0.29, 0.717) is 44.0 Å². The van der Waals surface area contributed by atoms with Crippen molar-refractivity contribution in [1.82, 2.24) is 26.6 Å². The van der Waals surface area contributed by atoms with Crippen LogP contribution in [0.25, 0.3) is 0 Å². The van der Waals surface area contributed by atoms with E-state index < -0.39 is 35.5 Å². The standard InChI is InChI=1S/C31H53N5O6S/c1-17(2)12-20(27(38)31(7)16-42-31)33-29(40)22(14-19(5)6)34-28(39)21(13-18(3)4)32-25(37)11-9-8-10-24-26-23(15-43-24)35-30(41)36-26/h17-24,26H,8-16H2,1-7H3,(H,32,37)(H,33,40)(H,34,39)(H2,35,36,41)/t20-,21-,22-,23-,24-,26-,31-/m0/s1. The van der Waals surface area contributed by atoms with Crippen molar-refractivity contribution < 1.29 is 28.7 Å². The number of Topliss-reactive ketones (excluding diaryl/α,β-unsaturated/α-hetero) is 1. The third-order valence-corrected chi connectivity index (χ3v) is 9.73. The molecule has 244 valence electrons. The molecule has 5 amide bonds. The van der Waals surface area contributed by atoms with Crippen LogP contribution in [-0.4, -0.2) is 83.0 Å². The summed E-state index contributed by atoms with van der Waals surface area (Å²) in [6, 6.07) is -2.09. The SMILES string of the molecule is CC(C)C[C@H](NC(=O)CCCC[C@@H]1SC[C@@H]2NC(=O)N[C@@H]21)C(=O)N[C@@H](CC(C)C)C(=O)N[C@@H](CC(C)C)C(=O)[C@]1(C)CO1. The van der Waals surface area contributed by atoms with Crippen LogP contribution in [0.2, 0.25) is 0 Å². The second kappa shape index (κ2) is 15.6. The average molecular weight is 624 g/mol. The van der Waals surface area contributed by atoms with Crippen LogP contribution in [0.15, 0.2) is 0 Å². The van der Waals surface area contributed by atoms with Gasteiger partial charge in [-0.25, -0.2) is 4.79 Å². The molecule has 0 unspecified atom stereocenters. The largest absolute Gasteiger partial charge is 0.361 e. The van der Waals surface area contributed by atoms with Crippen LogP contribution in [-0.2, 0) is 23.9 Å². The predicted octanol–water partition coefficient (Wildman–Crippen LogP) is 2.66. The molecule has 3 aliphatic rings. The minimum atomic E-state index is -0.863. The van der Waals surface area contributed by atoms with Gasteiger partial charge in [-0.1, -0.05) is 48.0 Å². The first kappa shape index (κ1) is 35.1. The van der Waals surface area contributed by atoms with Gasteiger partial charge >= 0.3 is 6.03 Å². The molecule has 3 fully saturated rings. The van der Waals surface area contributed by atoms with Crippen LogP contribution in [0.5, 0.6) is 0 Å². The molecule has 3 aliphatic heterocycles. The van der Waals surface area contributed by atoms with Gasteiger partial charge in [0.15, 0.2) is 5.78 Å². The highest BCUT2D eigenvalue weighted by Gasteiger charge is 2.50. The van der Waals surface area contributed by atoms with Gasteiger partial charge in [0, 0.05) is 17.4 Å². The van der Waals surface area contributed by atoms with Gasteiger partial charge in [-0.3, -0.25) is 19.2 Å². The summed E-state index contributed by atoms with van der Waals surface area (Å²) in [6.07, 6.45) is 4.05. The van der Waals surface area contributed by atoms with Crippen molar-refractivity contribution >= 4 is 41.3 Å². The van der Waals surface area contributed by atoms with E-state index in [1.165, 1.54) is 0 Å². The normalized spacial score (nSPS) is 26.4. The second-order valence-corrected chi connectivity index (χ2v) is 15.2. The van der Waals surface area contributed by atoms with Gasteiger partial charge in [0.1, 0.15) is 17.7 Å². The van der Waals surface area contributed by atoms with Gasteiger partial charge in [0.25, 0.3) is 0 Å². The van der Waals surface area contributed by atoms with E-state index in [-0.39, 0.29) is 47.6 Å². The van der Waals surface area contributed by atoms with Crippen molar-refractivity contribution in [2.45, 2.75) is 134 Å². The second-order valence-electron chi connectivity index (χ2n) is 13.9. The molecule has 0 saturated carbocycles. The highest BCUT2D eigenvalue weighted by atomic mass is 32.2. The Bertz CT molecular complexity index is 1020. The number of epoxide rings is 1. The fourth-order valence-electron chi connectivity index (χ4n) is 5.81. The van der Waals surface area contributed by atoms with E-state index in [1.807, 2.05) is 53.3 Å². The molecular formula is C31H53N5O6S. The Kier molecular flexibility index (Phi) is 12.7. The summed E-state index contributed by atoms with van der Waals surface area (Å²) in [7, 11) is 0. The highest BCUT2D eigenvalue weighted by Crippen LogP contribution is 2.33. The van der Waals surface area contributed by atoms with Crippen LogP contribution >= 0.6 is 11.8 Å². The van der Waals surface area contributed by atoms with Crippen molar-refractivity contribution in [3.8, 4) is 0 Å². The zero-order valence-corrected chi connectivity index (χ0v) is 27.7. The Hall–Kier alpha value is -2.34. The molecule has 3 saturated heterocycles. The van der Waals surface area contributed by atoms with Crippen molar-refractivity contribution in [2.75, 3.05) is 12.4 Å².